The third-order valence-corrected chi connectivity index (χ3v) is 3.47. The zero-order valence-electron chi connectivity index (χ0n) is 8.77. The predicted molar refractivity (Wildman–Crippen MR) is 60.4 cm³/mol. The highest BCUT2D eigenvalue weighted by atomic mass is 32.1. The topological polar surface area (TPSA) is 12.0 Å². The Morgan fingerprint density at radius 2 is 2.15 bits per heavy atom. The molecule has 0 aliphatic rings. The molecule has 0 aromatic carbocycles. The number of likely N-dealkylation sites (N-methyl/N-ethyl adjacent to an activating group) is 1. The summed E-state index contributed by atoms with van der Waals surface area (Å²) >= 11 is 1.85. The van der Waals surface area contributed by atoms with E-state index in [1.165, 1.54) is 20.9 Å². The maximum Gasteiger partial charge on any atom is 0.0622 e. The molecule has 0 saturated heterocycles. The largest absolute Gasteiger partial charge is 0.309 e. The van der Waals surface area contributed by atoms with E-state index in [1.54, 1.807) is 0 Å². The van der Waals surface area contributed by atoms with Gasteiger partial charge in [0.2, 0.25) is 0 Å². The summed E-state index contributed by atoms with van der Waals surface area (Å²) in [6.07, 6.45) is 0. The van der Waals surface area contributed by atoms with Crippen molar-refractivity contribution >= 4 is 11.3 Å². The van der Waals surface area contributed by atoms with Crippen LogP contribution in [0, 0.1) is 13.8 Å². The van der Waals surface area contributed by atoms with Crippen LogP contribution in [0.25, 0.3) is 0 Å². The highest BCUT2D eigenvalue weighted by molar-refractivity contribution is 7.12. The molecule has 0 aliphatic heterocycles. The molecule has 0 aliphatic carbocycles. The molecular weight excluding hydrogens is 178 g/mol. The molecule has 1 rings (SSSR count). The smallest absolute Gasteiger partial charge is 0.0622 e. The van der Waals surface area contributed by atoms with Crippen molar-refractivity contribution < 1.29 is 0 Å². The molecule has 1 aromatic heterocycles. The van der Waals surface area contributed by atoms with E-state index >= 15 is 0 Å². The number of hydrogen-bond acceptors (Lipinski definition) is 2. The Kier molecular flexibility index (Phi) is 3.28. The van der Waals surface area contributed by atoms with E-state index in [9.17, 15) is 0 Å². The van der Waals surface area contributed by atoms with Gasteiger partial charge in [-0.3, -0.25) is 0 Å². The van der Waals surface area contributed by atoms with Gasteiger partial charge in [0.05, 0.1) is 6.04 Å². The van der Waals surface area contributed by atoms with Gasteiger partial charge in [0.1, 0.15) is 0 Å². The maximum absolute atomic E-state index is 3.99. The molecule has 1 aromatic rings. The molecule has 1 atom stereocenters. The Hall–Kier alpha value is -0.600. The first-order valence-electron chi connectivity index (χ1n) is 4.46. The third-order valence-electron chi connectivity index (χ3n) is 2.25. The van der Waals surface area contributed by atoms with E-state index in [0.29, 0.717) is 6.04 Å². The zero-order valence-corrected chi connectivity index (χ0v) is 9.59. The number of hydrogen-bond donors (Lipinski definition) is 1. The summed E-state index contributed by atoms with van der Waals surface area (Å²) in [6, 6.07) is 2.56. The van der Waals surface area contributed by atoms with Gasteiger partial charge in [-0.15, -0.1) is 11.3 Å². The Morgan fingerprint density at radius 3 is 2.46 bits per heavy atom. The Morgan fingerprint density at radius 1 is 1.54 bits per heavy atom. The van der Waals surface area contributed by atoms with Crippen LogP contribution in [0.4, 0.5) is 0 Å². The standard InChI is InChI=1S/C11H17NS/c1-7(2)11(12-5)10-6-8(3)9(4)13-10/h6,11-12H,1H2,2-5H3. The van der Waals surface area contributed by atoms with Crippen molar-refractivity contribution in [2.75, 3.05) is 7.05 Å². The van der Waals surface area contributed by atoms with E-state index in [1.807, 2.05) is 18.4 Å². The van der Waals surface area contributed by atoms with E-state index in [4.69, 9.17) is 0 Å². The van der Waals surface area contributed by atoms with Crippen molar-refractivity contribution in [2.45, 2.75) is 26.8 Å². The molecule has 0 radical (unpaired) electrons. The van der Waals surface area contributed by atoms with E-state index < -0.39 is 0 Å². The van der Waals surface area contributed by atoms with E-state index in [0.717, 1.165) is 0 Å². The number of rotatable bonds is 3. The molecule has 0 amide bonds. The lowest BCUT2D eigenvalue weighted by Crippen LogP contribution is -2.15. The fourth-order valence-electron chi connectivity index (χ4n) is 1.38. The molecular formula is C11H17NS. The first-order valence-corrected chi connectivity index (χ1v) is 5.27. The average Bonchev–Trinajstić information content (AvgIpc) is 2.32. The van der Waals surface area contributed by atoms with Crippen molar-refractivity contribution in [1.29, 1.82) is 0 Å². The molecule has 72 valence electrons. The van der Waals surface area contributed by atoms with Gasteiger partial charge in [-0.2, -0.15) is 0 Å². The summed E-state index contributed by atoms with van der Waals surface area (Å²) < 4.78 is 0. The van der Waals surface area contributed by atoms with Crippen LogP contribution in [0.5, 0.6) is 0 Å². The molecule has 2 heteroatoms. The molecule has 0 fully saturated rings. The molecule has 0 spiro atoms. The number of thiophene rings is 1. The molecule has 1 heterocycles. The third kappa shape index (κ3) is 2.20. The fraction of sp³-hybridized carbons (Fsp3) is 0.455. The minimum atomic E-state index is 0.317. The van der Waals surface area contributed by atoms with Crippen LogP contribution in [0.2, 0.25) is 0 Å². The van der Waals surface area contributed by atoms with Gasteiger partial charge in [0, 0.05) is 9.75 Å². The predicted octanol–water partition coefficient (Wildman–Crippen LogP) is 3.20. The minimum Gasteiger partial charge on any atom is -0.309 e. The lowest BCUT2D eigenvalue weighted by Gasteiger charge is -2.13. The van der Waals surface area contributed by atoms with Crippen LogP contribution < -0.4 is 5.32 Å². The maximum atomic E-state index is 3.99. The van der Waals surface area contributed by atoms with Crippen molar-refractivity contribution in [2.24, 2.45) is 0 Å². The van der Waals surface area contributed by atoms with Crippen LogP contribution in [-0.2, 0) is 0 Å². The van der Waals surface area contributed by atoms with Crippen molar-refractivity contribution in [3.05, 3.63) is 33.5 Å². The van der Waals surface area contributed by atoms with Gasteiger partial charge >= 0.3 is 0 Å². The normalized spacial score (nSPS) is 12.9. The molecule has 13 heavy (non-hydrogen) atoms. The molecule has 1 N–H and O–H groups in total. The summed E-state index contributed by atoms with van der Waals surface area (Å²) in [5, 5.41) is 3.27. The second-order valence-electron chi connectivity index (χ2n) is 3.46. The van der Waals surface area contributed by atoms with Crippen molar-refractivity contribution in [3.63, 3.8) is 0 Å². The lowest BCUT2D eigenvalue weighted by atomic mass is 10.1. The van der Waals surface area contributed by atoms with Gasteiger partial charge < -0.3 is 5.32 Å². The fourth-order valence-corrected chi connectivity index (χ4v) is 2.62. The zero-order chi connectivity index (χ0) is 10.0. The number of nitrogens with one attached hydrogen (secondary N) is 1. The van der Waals surface area contributed by atoms with Crippen LogP contribution in [0.15, 0.2) is 18.2 Å². The Bertz CT molecular complexity index is 292. The summed E-state index contributed by atoms with van der Waals surface area (Å²) in [5.41, 5.74) is 2.55. The molecule has 1 unspecified atom stereocenters. The summed E-state index contributed by atoms with van der Waals surface area (Å²) in [7, 11) is 1.98. The van der Waals surface area contributed by atoms with Crippen LogP contribution in [-0.4, -0.2) is 7.05 Å². The first-order chi connectivity index (χ1) is 6.06. The van der Waals surface area contributed by atoms with Gasteiger partial charge in [-0.25, -0.2) is 0 Å². The second-order valence-corrected chi connectivity index (χ2v) is 4.74. The van der Waals surface area contributed by atoms with Gasteiger partial charge in [0.25, 0.3) is 0 Å². The van der Waals surface area contributed by atoms with E-state index in [2.05, 4.69) is 38.7 Å². The van der Waals surface area contributed by atoms with Crippen LogP contribution in [0.3, 0.4) is 0 Å². The van der Waals surface area contributed by atoms with Crippen molar-refractivity contribution in [1.82, 2.24) is 5.32 Å². The lowest BCUT2D eigenvalue weighted by molar-refractivity contribution is 0.691. The summed E-state index contributed by atoms with van der Waals surface area (Å²) in [6.45, 7) is 10.4. The number of aryl methyl sites for hydroxylation is 2. The van der Waals surface area contributed by atoms with Gasteiger partial charge in [-0.05, 0) is 39.4 Å². The SMILES string of the molecule is C=C(C)C(NC)c1cc(C)c(C)s1. The van der Waals surface area contributed by atoms with Gasteiger partial charge in [-0.1, -0.05) is 12.2 Å². The molecule has 1 nitrogen and oxygen atoms in total. The highest BCUT2D eigenvalue weighted by Crippen LogP contribution is 2.29. The first kappa shape index (κ1) is 10.5. The quantitative estimate of drug-likeness (QED) is 0.730. The van der Waals surface area contributed by atoms with Crippen LogP contribution in [0.1, 0.15) is 28.3 Å². The Labute approximate surface area is 84.5 Å². The molecule has 0 bridgehead atoms. The monoisotopic (exact) mass is 195 g/mol. The summed E-state index contributed by atoms with van der Waals surface area (Å²) in [5.74, 6) is 0. The molecule has 0 saturated carbocycles. The van der Waals surface area contributed by atoms with Crippen molar-refractivity contribution in [3.8, 4) is 0 Å². The summed E-state index contributed by atoms with van der Waals surface area (Å²) in [4.78, 5) is 2.77. The average molecular weight is 195 g/mol. The Balaban J connectivity index is 2.98. The van der Waals surface area contributed by atoms with Gasteiger partial charge in [0.15, 0.2) is 0 Å². The van der Waals surface area contributed by atoms with Crippen LogP contribution >= 0.6 is 11.3 Å². The minimum absolute atomic E-state index is 0.317. The van der Waals surface area contributed by atoms with E-state index in [-0.39, 0.29) is 0 Å². The highest BCUT2D eigenvalue weighted by Gasteiger charge is 2.12. The second kappa shape index (κ2) is 4.07.